The van der Waals surface area contributed by atoms with Crippen molar-refractivity contribution in [2.24, 2.45) is 5.10 Å². The number of halogens is 2. The second-order valence-electron chi connectivity index (χ2n) is 6.49. The highest BCUT2D eigenvalue weighted by molar-refractivity contribution is 7.14. The van der Waals surface area contributed by atoms with Gasteiger partial charge in [0.1, 0.15) is 11.5 Å². The van der Waals surface area contributed by atoms with Gasteiger partial charge in [-0.2, -0.15) is 5.10 Å². The third kappa shape index (κ3) is 3.73. The number of benzene rings is 2. The Morgan fingerprint density at radius 1 is 1.07 bits per heavy atom. The molecular weight excluding hydrogens is 439 g/mol. The summed E-state index contributed by atoms with van der Waals surface area (Å²) >= 11 is 13.8. The van der Waals surface area contributed by atoms with Crippen molar-refractivity contribution in [3.63, 3.8) is 0 Å². The molecular formula is C22H14Cl2N4OS. The highest BCUT2D eigenvalue weighted by atomic mass is 35.5. The minimum Gasteiger partial charge on any atom is -0.454 e. The molecule has 0 aliphatic heterocycles. The maximum absolute atomic E-state index is 6.27. The fourth-order valence-corrected chi connectivity index (χ4v) is 4.13. The Kier molecular flexibility index (Phi) is 5.04. The zero-order valence-electron chi connectivity index (χ0n) is 15.4. The monoisotopic (exact) mass is 452 g/mol. The molecule has 0 saturated carbocycles. The molecule has 5 aromatic rings. The Bertz CT molecular complexity index is 1370. The molecule has 5 nitrogen and oxygen atoms in total. The summed E-state index contributed by atoms with van der Waals surface area (Å²) in [6.07, 6.45) is 3.69. The topological polar surface area (TPSA) is 66.2 Å². The first kappa shape index (κ1) is 18.9. The predicted octanol–water partition coefficient (Wildman–Crippen LogP) is 7.30. The van der Waals surface area contributed by atoms with Crippen LogP contribution < -0.4 is 5.43 Å². The molecule has 3 aromatic heterocycles. The molecule has 0 aliphatic carbocycles. The van der Waals surface area contributed by atoms with Crippen LogP contribution in [0.15, 0.2) is 75.7 Å². The van der Waals surface area contributed by atoms with E-state index in [4.69, 9.17) is 27.6 Å². The van der Waals surface area contributed by atoms with Gasteiger partial charge in [0.05, 0.1) is 11.2 Å². The SMILES string of the molecule is Clc1ccc(Cl)c(-c2ccc(-c3csc(N/N=C\c4c[nH]c5ccccc45)n3)o2)c1. The van der Waals surface area contributed by atoms with Crippen molar-refractivity contribution in [3.8, 4) is 22.8 Å². The summed E-state index contributed by atoms with van der Waals surface area (Å²) in [5.74, 6) is 1.28. The fraction of sp³-hybridized carbons (Fsp3) is 0. The first-order chi connectivity index (χ1) is 14.7. The molecule has 0 spiro atoms. The third-order valence-corrected chi connectivity index (χ3v) is 5.85. The smallest absolute Gasteiger partial charge is 0.203 e. The van der Waals surface area contributed by atoms with Gasteiger partial charge in [-0.25, -0.2) is 4.98 Å². The molecule has 0 amide bonds. The number of hydrogen-bond acceptors (Lipinski definition) is 5. The lowest BCUT2D eigenvalue weighted by atomic mass is 10.2. The summed E-state index contributed by atoms with van der Waals surface area (Å²) < 4.78 is 5.95. The molecule has 2 aromatic carbocycles. The van der Waals surface area contributed by atoms with E-state index in [2.05, 4.69) is 26.6 Å². The minimum absolute atomic E-state index is 0.576. The molecule has 5 rings (SSSR count). The van der Waals surface area contributed by atoms with Gasteiger partial charge in [0, 0.05) is 38.6 Å². The van der Waals surface area contributed by atoms with Gasteiger partial charge in [0.2, 0.25) is 5.13 Å². The Labute approximate surface area is 186 Å². The Hall–Kier alpha value is -3.06. The number of anilines is 1. The Morgan fingerprint density at radius 2 is 1.93 bits per heavy atom. The third-order valence-electron chi connectivity index (χ3n) is 4.54. The summed E-state index contributed by atoms with van der Waals surface area (Å²) in [7, 11) is 0. The van der Waals surface area contributed by atoms with Crippen molar-refractivity contribution in [1.29, 1.82) is 0 Å². The second-order valence-corrected chi connectivity index (χ2v) is 8.19. The van der Waals surface area contributed by atoms with Crippen LogP contribution in [0, 0.1) is 0 Å². The number of hydrazone groups is 1. The van der Waals surface area contributed by atoms with Gasteiger partial charge >= 0.3 is 0 Å². The van der Waals surface area contributed by atoms with E-state index in [1.807, 2.05) is 41.9 Å². The van der Waals surface area contributed by atoms with Crippen LogP contribution in [0.3, 0.4) is 0 Å². The maximum Gasteiger partial charge on any atom is 0.203 e. The number of aromatic amines is 1. The van der Waals surface area contributed by atoms with E-state index in [-0.39, 0.29) is 0 Å². The van der Waals surface area contributed by atoms with Crippen molar-refractivity contribution in [2.75, 3.05) is 5.43 Å². The average Bonchev–Trinajstić information content (AvgIpc) is 3.49. The van der Waals surface area contributed by atoms with Crippen molar-refractivity contribution in [3.05, 3.63) is 81.8 Å². The molecule has 0 unspecified atom stereocenters. The van der Waals surface area contributed by atoms with E-state index in [0.717, 1.165) is 22.0 Å². The van der Waals surface area contributed by atoms with E-state index in [1.54, 1.807) is 24.4 Å². The van der Waals surface area contributed by atoms with E-state index >= 15 is 0 Å². The summed E-state index contributed by atoms with van der Waals surface area (Å²) in [5, 5.41) is 9.17. The number of para-hydroxylation sites is 1. The standard InChI is InChI=1S/C22H14Cl2N4OS/c23-14-5-6-17(24)16(9-14)20-7-8-21(29-20)19-12-30-22(27-19)28-26-11-13-10-25-18-4-2-1-3-15(13)18/h1-12,25H,(H,27,28)/b26-11-. The summed E-state index contributed by atoms with van der Waals surface area (Å²) in [6.45, 7) is 0. The second kappa shape index (κ2) is 7.99. The molecule has 0 saturated heterocycles. The number of furan rings is 1. The van der Waals surface area contributed by atoms with E-state index < -0.39 is 0 Å². The first-order valence-corrected chi connectivity index (χ1v) is 10.7. The van der Waals surface area contributed by atoms with Gasteiger partial charge in [0.15, 0.2) is 5.76 Å². The van der Waals surface area contributed by atoms with Crippen LogP contribution in [0.1, 0.15) is 5.56 Å². The number of nitrogens with one attached hydrogen (secondary N) is 2. The van der Waals surface area contributed by atoms with Crippen LogP contribution in [0.2, 0.25) is 10.0 Å². The van der Waals surface area contributed by atoms with E-state index in [0.29, 0.717) is 32.4 Å². The molecule has 0 aliphatic rings. The van der Waals surface area contributed by atoms with Gasteiger partial charge < -0.3 is 9.40 Å². The molecule has 30 heavy (non-hydrogen) atoms. The lowest BCUT2D eigenvalue weighted by Gasteiger charge is -2.01. The number of H-pyrrole nitrogens is 1. The van der Waals surface area contributed by atoms with Crippen LogP contribution >= 0.6 is 34.5 Å². The van der Waals surface area contributed by atoms with Crippen molar-refractivity contribution in [1.82, 2.24) is 9.97 Å². The van der Waals surface area contributed by atoms with E-state index in [1.165, 1.54) is 11.3 Å². The minimum atomic E-state index is 0.576. The Morgan fingerprint density at radius 3 is 2.87 bits per heavy atom. The van der Waals surface area contributed by atoms with E-state index in [9.17, 15) is 0 Å². The maximum atomic E-state index is 6.27. The predicted molar refractivity (Wildman–Crippen MR) is 125 cm³/mol. The molecule has 0 bridgehead atoms. The summed E-state index contributed by atoms with van der Waals surface area (Å²) in [6, 6.07) is 17.1. The molecule has 8 heteroatoms. The van der Waals surface area contributed by atoms with Crippen molar-refractivity contribution in [2.45, 2.75) is 0 Å². The number of nitrogens with zero attached hydrogens (tertiary/aromatic N) is 2. The fourth-order valence-electron chi connectivity index (χ4n) is 3.10. The van der Waals surface area contributed by atoms with Gasteiger partial charge in [0.25, 0.3) is 0 Å². The number of rotatable bonds is 5. The number of fused-ring (bicyclic) bond motifs is 1. The van der Waals surface area contributed by atoms with Gasteiger partial charge in [-0.3, -0.25) is 5.43 Å². The summed E-state index contributed by atoms with van der Waals surface area (Å²) in [4.78, 5) is 7.77. The zero-order valence-corrected chi connectivity index (χ0v) is 17.7. The molecule has 0 atom stereocenters. The van der Waals surface area contributed by atoms with Crippen molar-refractivity contribution >= 4 is 56.8 Å². The van der Waals surface area contributed by atoms with Crippen molar-refractivity contribution < 1.29 is 4.42 Å². The molecule has 148 valence electrons. The van der Waals surface area contributed by atoms with Crippen LogP contribution in [0.5, 0.6) is 0 Å². The highest BCUT2D eigenvalue weighted by Gasteiger charge is 2.13. The highest BCUT2D eigenvalue weighted by Crippen LogP contribution is 2.35. The quantitative estimate of drug-likeness (QED) is 0.217. The van der Waals surface area contributed by atoms with Crippen LogP contribution in [0.25, 0.3) is 33.7 Å². The zero-order chi connectivity index (χ0) is 20.5. The number of thiazole rings is 1. The molecule has 0 fully saturated rings. The van der Waals surface area contributed by atoms with Gasteiger partial charge in [-0.05, 0) is 36.4 Å². The average molecular weight is 453 g/mol. The Balaban J connectivity index is 1.32. The molecule has 3 heterocycles. The van der Waals surface area contributed by atoms with Crippen LogP contribution in [-0.2, 0) is 0 Å². The lowest BCUT2D eigenvalue weighted by Crippen LogP contribution is -1.89. The normalized spacial score (nSPS) is 11.5. The van der Waals surface area contributed by atoms with Gasteiger partial charge in [-0.15, -0.1) is 11.3 Å². The van der Waals surface area contributed by atoms with Crippen LogP contribution in [-0.4, -0.2) is 16.2 Å². The molecule has 2 N–H and O–H groups in total. The van der Waals surface area contributed by atoms with Crippen LogP contribution in [0.4, 0.5) is 5.13 Å². The molecule has 0 radical (unpaired) electrons. The van der Waals surface area contributed by atoms with Gasteiger partial charge in [-0.1, -0.05) is 41.4 Å². The largest absolute Gasteiger partial charge is 0.454 e. The first-order valence-electron chi connectivity index (χ1n) is 9.04. The lowest BCUT2D eigenvalue weighted by molar-refractivity contribution is 0.595. The number of hydrogen-bond donors (Lipinski definition) is 2. The number of aromatic nitrogens is 2. The summed E-state index contributed by atoms with van der Waals surface area (Å²) in [5.41, 5.74) is 6.51.